The van der Waals surface area contributed by atoms with Crippen molar-refractivity contribution < 1.29 is 9.53 Å². The molecule has 1 aromatic heterocycles. The Labute approximate surface area is 176 Å². The summed E-state index contributed by atoms with van der Waals surface area (Å²) in [6.45, 7) is 9.59. The summed E-state index contributed by atoms with van der Waals surface area (Å²) in [6.07, 6.45) is 0. The molecule has 0 aliphatic carbocycles. The van der Waals surface area contributed by atoms with Gasteiger partial charge < -0.3 is 14.5 Å². The largest absolute Gasteiger partial charge is 0.496 e. The molecule has 1 aliphatic heterocycles. The molecule has 162 valence electrons. The van der Waals surface area contributed by atoms with Crippen LogP contribution in [-0.2, 0) is 0 Å². The summed E-state index contributed by atoms with van der Waals surface area (Å²) in [5, 5.41) is 0. The molecule has 1 aromatic carbocycles. The van der Waals surface area contributed by atoms with Crippen LogP contribution in [0.1, 0.15) is 50.1 Å². The van der Waals surface area contributed by atoms with Crippen LogP contribution in [0.25, 0.3) is 0 Å². The third-order valence-corrected chi connectivity index (χ3v) is 5.41. The molecular formula is C22H30N4O4. The van der Waals surface area contributed by atoms with E-state index in [1.165, 1.54) is 4.57 Å². The quantitative estimate of drug-likeness (QED) is 0.749. The second-order valence-electron chi connectivity index (χ2n) is 8.03. The second-order valence-corrected chi connectivity index (χ2v) is 8.03. The minimum atomic E-state index is -0.297. The van der Waals surface area contributed by atoms with Crippen molar-refractivity contribution in [2.45, 2.75) is 39.8 Å². The van der Waals surface area contributed by atoms with Crippen molar-refractivity contribution in [2.24, 2.45) is 0 Å². The Morgan fingerprint density at radius 3 is 2.10 bits per heavy atom. The van der Waals surface area contributed by atoms with Crippen LogP contribution in [0.4, 0.5) is 5.82 Å². The van der Waals surface area contributed by atoms with Gasteiger partial charge in [-0.25, -0.2) is 4.79 Å². The minimum Gasteiger partial charge on any atom is -0.496 e. The van der Waals surface area contributed by atoms with Gasteiger partial charge in [-0.1, -0.05) is 12.1 Å². The molecule has 1 saturated heterocycles. The molecule has 0 saturated carbocycles. The van der Waals surface area contributed by atoms with Crippen molar-refractivity contribution in [3.8, 4) is 5.75 Å². The molecule has 8 heteroatoms. The zero-order chi connectivity index (χ0) is 22.0. The lowest BCUT2D eigenvalue weighted by molar-refractivity contribution is 0.0742. The second kappa shape index (κ2) is 8.77. The van der Waals surface area contributed by atoms with Crippen LogP contribution >= 0.6 is 0 Å². The van der Waals surface area contributed by atoms with Crippen LogP contribution in [0.2, 0.25) is 0 Å². The Kier molecular flexibility index (Phi) is 6.34. The predicted molar refractivity (Wildman–Crippen MR) is 117 cm³/mol. The van der Waals surface area contributed by atoms with Crippen LogP contribution in [0.3, 0.4) is 0 Å². The maximum Gasteiger partial charge on any atom is 0.333 e. The Morgan fingerprint density at radius 1 is 0.933 bits per heavy atom. The Balaban J connectivity index is 1.85. The van der Waals surface area contributed by atoms with E-state index in [1.807, 2.05) is 44.7 Å². The van der Waals surface area contributed by atoms with Gasteiger partial charge in [-0.3, -0.25) is 18.7 Å². The lowest BCUT2D eigenvalue weighted by atomic mass is 10.1. The van der Waals surface area contributed by atoms with E-state index in [4.69, 9.17) is 4.74 Å². The minimum absolute atomic E-state index is 0.0800. The average Bonchev–Trinajstić information content (AvgIpc) is 2.72. The first-order valence-electron chi connectivity index (χ1n) is 10.3. The summed E-state index contributed by atoms with van der Waals surface area (Å²) < 4.78 is 8.26. The number of rotatable bonds is 5. The summed E-state index contributed by atoms with van der Waals surface area (Å²) in [6, 6.07) is 8.42. The number of carbonyl (C=O) groups is 1. The molecule has 0 unspecified atom stereocenters. The fourth-order valence-corrected chi connectivity index (χ4v) is 3.89. The highest BCUT2D eigenvalue weighted by atomic mass is 16.5. The summed E-state index contributed by atoms with van der Waals surface area (Å²) in [4.78, 5) is 42.3. The molecular weight excluding hydrogens is 384 g/mol. The monoisotopic (exact) mass is 414 g/mol. The summed E-state index contributed by atoms with van der Waals surface area (Å²) in [5.41, 5.74) is -0.0588. The molecule has 0 spiro atoms. The van der Waals surface area contributed by atoms with Gasteiger partial charge >= 0.3 is 5.69 Å². The molecule has 0 radical (unpaired) electrons. The maximum atomic E-state index is 13.0. The first kappa shape index (κ1) is 21.7. The Morgan fingerprint density at radius 2 is 1.53 bits per heavy atom. The third-order valence-electron chi connectivity index (χ3n) is 5.41. The maximum absolute atomic E-state index is 13.0. The van der Waals surface area contributed by atoms with Gasteiger partial charge in [0.25, 0.3) is 11.5 Å². The summed E-state index contributed by atoms with van der Waals surface area (Å²) in [7, 11) is 1.55. The van der Waals surface area contributed by atoms with E-state index in [9.17, 15) is 14.4 Å². The van der Waals surface area contributed by atoms with Crippen molar-refractivity contribution in [2.75, 3.05) is 38.2 Å². The smallest absolute Gasteiger partial charge is 0.333 e. The third kappa shape index (κ3) is 3.99. The first-order valence-corrected chi connectivity index (χ1v) is 10.3. The number of anilines is 1. The lowest BCUT2D eigenvalue weighted by Gasteiger charge is -2.37. The number of hydrogen-bond acceptors (Lipinski definition) is 5. The first-order chi connectivity index (χ1) is 14.3. The number of ether oxygens (including phenoxy) is 1. The molecule has 8 nitrogen and oxygen atoms in total. The van der Waals surface area contributed by atoms with Gasteiger partial charge in [0.05, 0.1) is 12.7 Å². The van der Waals surface area contributed by atoms with E-state index in [2.05, 4.69) is 0 Å². The number of aromatic nitrogens is 2. The normalized spacial score (nSPS) is 14.5. The van der Waals surface area contributed by atoms with Gasteiger partial charge in [0.1, 0.15) is 11.6 Å². The zero-order valence-electron chi connectivity index (χ0n) is 18.3. The van der Waals surface area contributed by atoms with Crippen molar-refractivity contribution in [1.82, 2.24) is 14.0 Å². The summed E-state index contributed by atoms with van der Waals surface area (Å²) >= 11 is 0. The molecule has 0 atom stereocenters. The SMILES string of the molecule is COc1ccccc1C(=O)N1CCN(c2cc(=O)n(C(C)C)c(=O)n2C(C)C)CC1. The van der Waals surface area contributed by atoms with Gasteiger partial charge in [0, 0.05) is 44.3 Å². The van der Waals surface area contributed by atoms with Gasteiger partial charge in [-0.2, -0.15) is 0 Å². The molecule has 0 bridgehead atoms. The highest BCUT2D eigenvalue weighted by molar-refractivity contribution is 5.97. The topological polar surface area (TPSA) is 76.8 Å². The highest BCUT2D eigenvalue weighted by Crippen LogP contribution is 2.22. The predicted octanol–water partition coefficient (Wildman–Crippen LogP) is 2.14. The molecule has 1 fully saturated rings. The number of benzene rings is 1. The van der Waals surface area contributed by atoms with Crippen molar-refractivity contribution in [1.29, 1.82) is 0 Å². The van der Waals surface area contributed by atoms with Gasteiger partial charge in [-0.05, 0) is 39.8 Å². The van der Waals surface area contributed by atoms with Crippen LogP contribution < -0.4 is 20.9 Å². The van der Waals surface area contributed by atoms with Gasteiger partial charge in [-0.15, -0.1) is 0 Å². The fourth-order valence-electron chi connectivity index (χ4n) is 3.89. The number of amides is 1. The molecule has 0 N–H and O–H groups in total. The lowest BCUT2D eigenvalue weighted by Crippen LogP contribution is -2.51. The van der Waals surface area contributed by atoms with Crippen LogP contribution in [0, 0.1) is 0 Å². The summed E-state index contributed by atoms with van der Waals surface area (Å²) in [5.74, 6) is 1.08. The number of nitrogens with zero attached hydrogens (tertiary/aromatic N) is 4. The Bertz CT molecular complexity index is 1030. The van der Waals surface area contributed by atoms with E-state index in [0.29, 0.717) is 43.3 Å². The van der Waals surface area contributed by atoms with E-state index in [1.54, 1.807) is 34.8 Å². The van der Waals surface area contributed by atoms with Crippen molar-refractivity contribution in [3.05, 3.63) is 56.7 Å². The van der Waals surface area contributed by atoms with E-state index in [0.717, 1.165) is 0 Å². The molecule has 30 heavy (non-hydrogen) atoms. The van der Waals surface area contributed by atoms with Crippen LogP contribution in [-0.4, -0.2) is 53.2 Å². The van der Waals surface area contributed by atoms with Crippen molar-refractivity contribution in [3.63, 3.8) is 0 Å². The molecule has 2 aromatic rings. The van der Waals surface area contributed by atoms with Gasteiger partial charge in [0.15, 0.2) is 0 Å². The van der Waals surface area contributed by atoms with E-state index in [-0.39, 0.29) is 29.2 Å². The number of para-hydroxylation sites is 1. The van der Waals surface area contributed by atoms with Gasteiger partial charge in [0.2, 0.25) is 0 Å². The van der Waals surface area contributed by atoms with E-state index < -0.39 is 0 Å². The molecule has 3 rings (SSSR count). The highest BCUT2D eigenvalue weighted by Gasteiger charge is 2.27. The standard InChI is InChI=1S/C22H30N4O4/c1-15(2)25-19(14-20(27)26(16(3)4)22(25)29)23-10-12-24(13-11-23)21(28)17-8-6-7-9-18(17)30-5/h6-9,14-16H,10-13H2,1-5H3. The van der Waals surface area contributed by atoms with Crippen LogP contribution in [0.5, 0.6) is 5.75 Å². The number of piperazine rings is 1. The Hall–Kier alpha value is -3.03. The number of carbonyl (C=O) groups excluding carboxylic acids is 1. The van der Waals surface area contributed by atoms with Crippen LogP contribution in [0.15, 0.2) is 39.9 Å². The number of hydrogen-bond donors (Lipinski definition) is 0. The fraction of sp³-hybridized carbons (Fsp3) is 0.500. The van der Waals surface area contributed by atoms with E-state index >= 15 is 0 Å². The number of methoxy groups -OCH3 is 1. The molecule has 2 heterocycles. The molecule has 1 amide bonds. The zero-order valence-corrected chi connectivity index (χ0v) is 18.3. The molecule has 1 aliphatic rings. The van der Waals surface area contributed by atoms with Crippen molar-refractivity contribution >= 4 is 11.7 Å². The average molecular weight is 415 g/mol.